The minimum absolute atomic E-state index is 0.105. The number of hydrogen-bond acceptors (Lipinski definition) is 4. The van der Waals surface area contributed by atoms with Crippen LogP contribution in [0.15, 0.2) is 29.2 Å². The first-order chi connectivity index (χ1) is 7.61. The molecule has 5 nitrogen and oxygen atoms in total. The molecule has 0 saturated carbocycles. The van der Waals surface area contributed by atoms with Crippen LogP contribution in [0.3, 0.4) is 0 Å². The average molecular weight is 245 g/mol. The highest BCUT2D eigenvalue weighted by atomic mass is 32.2. The van der Waals surface area contributed by atoms with Gasteiger partial charge in [0.25, 0.3) is 0 Å². The van der Waals surface area contributed by atoms with Gasteiger partial charge in [0.05, 0.1) is 18.1 Å². The molecule has 1 aromatic carbocycles. The van der Waals surface area contributed by atoms with Crippen LogP contribution in [0.5, 0.6) is 0 Å². The highest BCUT2D eigenvalue weighted by Gasteiger charge is 2.16. The van der Waals surface area contributed by atoms with Crippen molar-refractivity contribution in [2.45, 2.75) is 11.5 Å². The number of sulfonamides is 1. The Kier molecular flexibility index (Phi) is 4.88. The summed E-state index contributed by atoms with van der Waals surface area (Å²) in [6, 6.07) is 6.33. The molecule has 90 valence electrons. The Morgan fingerprint density at radius 2 is 2.06 bits per heavy atom. The Morgan fingerprint density at radius 1 is 1.38 bits per heavy atom. The average Bonchev–Trinajstić information content (AvgIpc) is 2.29. The molecule has 0 saturated heterocycles. The third-order valence-corrected chi connectivity index (χ3v) is 3.59. The highest BCUT2D eigenvalue weighted by molar-refractivity contribution is 7.89. The molecule has 0 fully saturated rings. The second-order valence-corrected chi connectivity index (χ2v) is 4.89. The van der Waals surface area contributed by atoms with Gasteiger partial charge in [0, 0.05) is 13.7 Å². The minimum atomic E-state index is -3.57. The second-order valence-electron chi connectivity index (χ2n) is 3.16. The largest absolute Gasteiger partial charge is 0.392 e. The fraction of sp³-hybridized carbons (Fsp3) is 0.400. The zero-order chi connectivity index (χ0) is 12.0. The maximum Gasteiger partial charge on any atom is 0.241 e. The molecule has 2 N–H and O–H groups in total. The lowest BCUT2D eigenvalue weighted by atomic mass is 10.2. The van der Waals surface area contributed by atoms with E-state index in [2.05, 4.69) is 4.72 Å². The summed E-state index contributed by atoms with van der Waals surface area (Å²) in [6.07, 6.45) is 0. The summed E-state index contributed by atoms with van der Waals surface area (Å²) in [7, 11) is -2.07. The number of aliphatic hydroxyl groups is 1. The van der Waals surface area contributed by atoms with Gasteiger partial charge in [-0.25, -0.2) is 13.1 Å². The normalized spacial score (nSPS) is 11.6. The standard InChI is InChI=1S/C10H15NO4S/c1-15-7-6-11-16(13,14)10-5-3-2-4-9(10)8-12/h2-5,11-12H,6-8H2,1H3. The van der Waals surface area contributed by atoms with Crippen molar-refractivity contribution in [3.8, 4) is 0 Å². The van der Waals surface area contributed by atoms with Gasteiger partial charge in [0.1, 0.15) is 0 Å². The monoisotopic (exact) mass is 245 g/mol. The zero-order valence-corrected chi connectivity index (χ0v) is 9.83. The van der Waals surface area contributed by atoms with Crippen LogP contribution in [0.1, 0.15) is 5.56 Å². The Hall–Kier alpha value is -0.950. The quantitative estimate of drug-likeness (QED) is 0.697. The van der Waals surface area contributed by atoms with E-state index in [1.165, 1.54) is 13.2 Å². The molecule has 0 aliphatic carbocycles. The van der Waals surface area contributed by atoms with Gasteiger partial charge in [-0.3, -0.25) is 0 Å². The Labute approximate surface area is 95.1 Å². The van der Waals surface area contributed by atoms with Gasteiger partial charge in [0.2, 0.25) is 10.0 Å². The summed E-state index contributed by atoms with van der Waals surface area (Å²) in [4.78, 5) is 0.105. The molecular weight excluding hydrogens is 230 g/mol. The van der Waals surface area contributed by atoms with Crippen LogP contribution in [0.25, 0.3) is 0 Å². The number of methoxy groups -OCH3 is 1. The van der Waals surface area contributed by atoms with Crippen LogP contribution in [0.4, 0.5) is 0 Å². The topological polar surface area (TPSA) is 75.6 Å². The molecule has 1 aromatic rings. The predicted molar refractivity (Wildman–Crippen MR) is 59.4 cm³/mol. The number of benzene rings is 1. The van der Waals surface area contributed by atoms with Crippen molar-refractivity contribution in [3.63, 3.8) is 0 Å². The summed E-state index contributed by atoms with van der Waals surface area (Å²) < 4.78 is 30.8. The number of hydrogen-bond donors (Lipinski definition) is 2. The van der Waals surface area contributed by atoms with Crippen LogP contribution in [-0.2, 0) is 21.4 Å². The summed E-state index contributed by atoms with van der Waals surface area (Å²) in [6.45, 7) is 0.209. The molecule has 0 spiro atoms. The van der Waals surface area contributed by atoms with E-state index >= 15 is 0 Å². The van der Waals surface area contributed by atoms with E-state index in [0.29, 0.717) is 12.2 Å². The van der Waals surface area contributed by atoms with Gasteiger partial charge in [-0.2, -0.15) is 0 Å². The molecule has 0 atom stereocenters. The number of ether oxygens (including phenoxy) is 1. The maximum atomic E-state index is 11.8. The van der Waals surface area contributed by atoms with Crippen LogP contribution in [-0.4, -0.2) is 33.8 Å². The van der Waals surface area contributed by atoms with Crippen molar-refractivity contribution in [2.24, 2.45) is 0 Å². The molecule has 0 aliphatic heterocycles. The van der Waals surface area contributed by atoms with E-state index in [-0.39, 0.29) is 18.0 Å². The lowest BCUT2D eigenvalue weighted by molar-refractivity contribution is 0.204. The Morgan fingerprint density at radius 3 is 2.69 bits per heavy atom. The lowest BCUT2D eigenvalue weighted by Gasteiger charge is -2.09. The SMILES string of the molecule is COCCNS(=O)(=O)c1ccccc1CO. The van der Waals surface area contributed by atoms with E-state index < -0.39 is 10.0 Å². The highest BCUT2D eigenvalue weighted by Crippen LogP contribution is 2.14. The predicted octanol–water partition coefficient (Wildman–Crippen LogP) is 0.104. The fourth-order valence-electron chi connectivity index (χ4n) is 1.25. The fourth-order valence-corrected chi connectivity index (χ4v) is 2.50. The number of rotatable bonds is 6. The Bertz CT molecular complexity index is 430. The molecule has 0 aliphatic rings. The first kappa shape index (κ1) is 13.1. The first-order valence-electron chi connectivity index (χ1n) is 4.79. The molecule has 0 heterocycles. The van der Waals surface area contributed by atoms with Crippen LogP contribution >= 0.6 is 0 Å². The summed E-state index contributed by atoms with van der Waals surface area (Å²) in [5.74, 6) is 0. The van der Waals surface area contributed by atoms with Crippen molar-refractivity contribution < 1.29 is 18.3 Å². The Balaban J connectivity index is 2.89. The summed E-state index contributed by atoms with van der Waals surface area (Å²) >= 11 is 0. The number of aliphatic hydroxyl groups excluding tert-OH is 1. The summed E-state index contributed by atoms with van der Waals surface area (Å²) in [5.41, 5.74) is 0.382. The van der Waals surface area contributed by atoms with Gasteiger partial charge < -0.3 is 9.84 Å². The molecule has 0 unspecified atom stereocenters. The van der Waals surface area contributed by atoms with Crippen molar-refractivity contribution in [1.82, 2.24) is 4.72 Å². The number of nitrogens with one attached hydrogen (secondary N) is 1. The molecule has 16 heavy (non-hydrogen) atoms. The molecule has 0 bridgehead atoms. The van der Waals surface area contributed by atoms with Gasteiger partial charge in [-0.05, 0) is 11.6 Å². The van der Waals surface area contributed by atoms with Gasteiger partial charge >= 0.3 is 0 Å². The van der Waals surface area contributed by atoms with Gasteiger partial charge in [-0.15, -0.1) is 0 Å². The second kappa shape index (κ2) is 5.95. The third kappa shape index (κ3) is 3.28. The molecular formula is C10H15NO4S. The van der Waals surface area contributed by atoms with E-state index in [1.807, 2.05) is 0 Å². The van der Waals surface area contributed by atoms with E-state index in [1.54, 1.807) is 18.2 Å². The third-order valence-electron chi connectivity index (χ3n) is 2.03. The van der Waals surface area contributed by atoms with Crippen molar-refractivity contribution in [3.05, 3.63) is 29.8 Å². The molecule has 0 radical (unpaired) electrons. The summed E-state index contributed by atoms with van der Waals surface area (Å²) in [5, 5.41) is 9.04. The van der Waals surface area contributed by atoms with Crippen molar-refractivity contribution in [2.75, 3.05) is 20.3 Å². The van der Waals surface area contributed by atoms with Crippen molar-refractivity contribution in [1.29, 1.82) is 0 Å². The van der Waals surface area contributed by atoms with E-state index in [9.17, 15) is 8.42 Å². The van der Waals surface area contributed by atoms with Crippen LogP contribution < -0.4 is 4.72 Å². The minimum Gasteiger partial charge on any atom is -0.392 e. The molecule has 0 amide bonds. The van der Waals surface area contributed by atoms with Crippen LogP contribution in [0.2, 0.25) is 0 Å². The van der Waals surface area contributed by atoms with Crippen molar-refractivity contribution >= 4 is 10.0 Å². The maximum absolute atomic E-state index is 11.8. The molecule has 1 rings (SSSR count). The van der Waals surface area contributed by atoms with Crippen LogP contribution in [0, 0.1) is 0 Å². The van der Waals surface area contributed by atoms with E-state index in [0.717, 1.165) is 0 Å². The van der Waals surface area contributed by atoms with E-state index in [4.69, 9.17) is 9.84 Å². The van der Waals surface area contributed by atoms with Gasteiger partial charge in [0.15, 0.2) is 0 Å². The lowest BCUT2D eigenvalue weighted by Crippen LogP contribution is -2.28. The zero-order valence-electron chi connectivity index (χ0n) is 9.01. The van der Waals surface area contributed by atoms with Gasteiger partial charge in [-0.1, -0.05) is 18.2 Å². The smallest absolute Gasteiger partial charge is 0.241 e. The molecule has 6 heteroatoms. The first-order valence-corrected chi connectivity index (χ1v) is 6.27. The molecule has 0 aromatic heterocycles.